The highest BCUT2D eigenvalue weighted by Crippen LogP contribution is 2.39. The Morgan fingerprint density at radius 3 is 1.94 bits per heavy atom. The van der Waals surface area contributed by atoms with Gasteiger partial charge in [-0.3, -0.25) is 57.3 Å². The molecule has 0 spiro atoms. The normalized spacial score (nSPS) is 18.9. The number of amides is 13. The topological polar surface area (TPSA) is 447 Å². The smallest absolute Gasteiger partial charge is 0.370 e. The lowest BCUT2D eigenvalue weighted by Gasteiger charge is -2.33. The van der Waals surface area contributed by atoms with Gasteiger partial charge in [-0.2, -0.15) is 11.8 Å². The molecule has 0 unspecified atom stereocenters. The van der Waals surface area contributed by atoms with Gasteiger partial charge in [0.05, 0.1) is 18.2 Å². The zero-order chi connectivity index (χ0) is 70.5. The van der Waals surface area contributed by atoms with Crippen LogP contribution in [-0.2, 0) is 74.7 Å². The molecule has 3 fully saturated rings. The molecule has 13 amide bonds. The van der Waals surface area contributed by atoms with Gasteiger partial charge in [-0.1, -0.05) is 103 Å². The number of fused-ring (bicyclic) bond motifs is 2. The molecular weight excluding hydrogens is 1290 g/mol. The highest BCUT2D eigenvalue weighted by Gasteiger charge is 2.45. The first-order valence-corrected chi connectivity index (χ1v) is 35.0. The standard InChI is InChI=1S/C66H88N13O16PS/c1-37(71-61(86)48(72-40(4)80)19-12-13-31-69-55(82)22-11-10-21-53-57-51(36-97-53)76-66(91)78-57)59(84)70-38(2)60(85)74-49(34-41-23-26-45(27-24-41)43-15-6-5-7-16-43)63(88)77-56(39(3)95-96(92,93)94)65(90)79-32-14-20-52(79)64(89)75-50(62(87)73-47(58(68)83)29-30-54(67)81)35-42-25-28-44-17-8-9-18-46(44)33-42/h5-9,15-18,23-28,33,37-39,47-53,56-57H,10-14,19-22,29-32,34-36H2,1-4H3,(H2,67,81)(H2,68,83)(H,69,82)(H,70,84)(H,71,86)(H,72,80)(H,73,87)(H,74,85)(H,75,89)(H,77,88)(H2,76,78,91)(H2,92,93,94)/t37-,38-,39+,47-,48-,49-,50-,51-,52-,53-,56-,57-/m0/s1. The summed E-state index contributed by atoms with van der Waals surface area (Å²) < 4.78 is 17.4. The van der Waals surface area contributed by atoms with Gasteiger partial charge in [0.2, 0.25) is 65.0 Å². The Morgan fingerprint density at radius 1 is 0.649 bits per heavy atom. The molecule has 12 atom stereocenters. The molecule has 3 heterocycles. The fraction of sp³-hybridized carbons (Fsp3) is 0.485. The van der Waals surface area contributed by atoms with E-state index in [1.807, 2.05) is 72.4 Å². The molecule has 0 saturated carbocycles. The van der Waals surface area contributed by atoms with Crippen LogP contribution in [0, 0.1) is 0 Å². The third-order valence-electron chi connectivity index (χ3n) is 17.1. The number of nitrogens with one attached hydrogen (secondary N) is 10. The molecule has 7 rings (SSSR count). The number of primary amides is 2. The summed E-state index contributed by atoms with van der Waals surface area (Å²) in [4.78, 5) is 182. The summed E-state index contributed by atoms with van der Waals surface area (Å²) >= 11 is 1.81. The van der Waals surface area contributed by atoms with Gasteiger partial charge in [-0.25, -0.2) is 9.36 Å². The van der Waals surface area contributed by atoms with Gasteiger partial charge in [-0.15, -0.1) is 0 Å². The van der Waals surface area contributed by atoms with Crippen LogP contribution in [0.4, 0.5) is 4.79 Å². The average Bonchev–Trinajstić information content (AvgIpc) is 1.76. The summed E-state index contributed by atoms with van der Waals surface area (Å²) in [5, 5.41) is 28.8. The van der Waals surface area contributed by atoms with Crippen LogP contribution in [-0.4, -0.2) is 176 Å². The number of rotatable bonds is 36. The van der Waals surface area contributed by atoms with Crippen molar-refractivity contribution in [1.82, 2.24) is 58.1 Å². The maximum atomic E-state index is 15.0. The number of phosphoric ester groups is 1. The summed E-state index contributed by atoms with van der Waals surface area (Å²) in [5.74, 6) is -7.82. The number of carbonyl (C=O) groups is 12. The van der Waals surface area contributed by atoms with Crippen molar-refractivity contribution in [3.05, 3.63) is 108 Å². The lowest BCUT2D eigenvalue weighted by Crippen LogP contribution is -2.62. The Bertz CT molecular complexity index is 3550. The molecule has 0 bridgehead atoms. The van der Waals surface area contributed by atoms with E-state index in [-0.39, 0.29) is 75.5 Å². The van der Waals surface area contributed by atoms with E-state index in [4.69, 9.17) is 16.0 Å². The van der Waals surface area contributed by atoms with Crippen LogP contribution >= 0.6 is 19.6 Å². The van der Waals surface area contributed by atoms with Crippen molar-refractivity contribution in [3.8, 4) is 11.1 Å². The van der Waals surface area contributed by atoms with Crippen LogP contribution in [0.1, 0.15) is 109 Å². The highest BCUT2D eigenvalue weighted by molar-refractivity contribution is 8.00. The molecule has 3 aliphatic rings. The van der Waals surface area contributed by atoms with E-state index in [1.165, 1.54) is 20.8 Å². The van der Waals surface area contributed by atoms with Gasteiger partial charge in [0.15, 0.2) is 0 Å². The zero-order valence-electron chi connectivity index (χ0n) is 54.5. The molecule has 0 aromatic heterocycles. The Labute approximate surface area is 566 Å². The van der Waals surface area contributed by atoms with Crippen molar-refractivity contribution < 1.29 is 76.4 Å². The minimum Gasteiger partial charge on any atom is -0.370 e. The van der Waals surface area contributed by atoms with Crippen molar-refractivity contribution in [1.29, 1.82) is 0 Å². The molecule has 29 nitrogen and oxygen atoms in total. The summed E-state index contributed by atoms with van der Waals surface area (Å²) in [6.45, 7) is 5.19. The number of nitrogens with zero attached hydrogens (tertiary/aromatic N) is 1. The van der Waals surface area contributed by atoms with Crippen molar-refractivity contribution in [2.75, 3.05) is 18.8 Å². The van der Waals surface area contributed by atoms with Crippen LogP contribution < -0.4 is 64.6 Å². The number of nitrogens with two attached hydrogens (primary N) is 2. The van der Waals surface area contributed by atoms with Gasteiger partial charge in [-0.05, 0) is 105 Å². The van der Waals surface area contributed by atoms with E-state index in [2.05, 4.69) is 53.2 Å². The van der Waals surface area contributed by atoms with Gasteiger partial charge < -0.3 is 79.3 Å². The Kier molecular flexibility index (Phi) is 27.9. The van der Waals surface area contributed by atoms with Crippen molar-refractivity contribution >= 4 is 101 Å². The summed E-state index contributed by atoms with van der Waals surface area (Å²) in [7, 11) is -5.42. The SMILES string of the molecule is CC(=O)N[C@@H](CCCCNC(=O)CCCC[C@@H]1SC[C@@H]2NC(=O)N[C@@H]21)C(=O)N[C@@H](C)C(=O)N[C@@H](C)C(=O)N[C@@H](Cc1ccc(-c2ccccc2)cc1)C(=O)N[C@H](C(=O)N1CCC[C@H]1C(=O)N[C@@H](Cc1ccc2ccccc2c1)C(=O)N[C@@H](CCC(N)=O)C(N)=O)[C@@H](C)OP(=O)(O)O. The van der Waals surface area contributed by atoms with Crippen molar-refractivity contribution in [3.63, 3.8) is 0 Å². The molecule has 3 saturated heterocycles. The van der Waals surface area contributed by atoms with E-state index in [0.717, 1.165) is 52.3 Å². The second-order valence-corrected chi connectivity index (χ2v) is 27.1. The van der Waals surface area contributed by atoms with Gasteiger partial charge in [0.1, 0.15) is 48.3 Å². The molecule has 16 N–H and O–H groups in total. The van der Waals surface area contributed by atoms with Crippen LogP contribution in [0.15, 0.2) is 97.1 Å². The van der Waals surface area contributed by atoms with Crippen LogP contribution in [0.5, 0.6) is 0 Å². The Morgan fingerprint density at radius 2 is 1.26 bits per heavy atom. The van der Waals surface area contributed by atoms with Gasteiger partial charge in [0.25, 0.3) is 0 Å². The van der Waals surface area contributed by atoms with Gasteiger partial charge in [0, 0.05) is 56.7 Å². The fourth-order valence-electron chi connectivity index (χ4n) is 11.9. The van der Waals surface area contributed by atoms with E-state index in [1.54, 1.807) is 36.4 Å². The monoisotopic (exact) mass is 1380 g/mol. The highest BCUT2D eigenvalue weighted by atomic mass is 32.2. The number of unbranched alkanes of at least 4 members (excludes halogenated alkanes) is 2. The van der Waals surface area contributed by atoms with E-state index in [9.17, 15) is 71.9 Å². The average molecular weight is 1380 g/mol. The first kappa shape index (κ1) is 75.4. The number of hydrogen-bond acceptors (Lipinski definition) is 15. The quantitative estimate of drug-likeness (QED) is 0.0172. The molecule has 0 radical (unpaired) electrons. The third kappa shape index (κ3) is 23.1. The number of hydrogen-bond donors (Lipinski definition) is 14. The molecule has 4 aromatic rings. The molecule has 3 aliphatic heterocycles. The second kappa shape index (κ2) is 35.9. The second-order valence-electron chi connectivity index (χ2n) is 24.6. The molecule has 97 heavy (non-hydrogen) atoms. The minimum absolute atomic E-state index is 0.00662. The Balaban J connectivity index is 1.01. The van der Waals surface area contributed by atoms with Crippen LogP contribution in [0.3, 0.4) is 0 Å². The van der Waals surface area contributed by atoms with Gasteiger partial charge >= 0.3 is 13.9 Å². The number of likely N-dealkylation sites (tertiary alicyclic amines) is 1. The Hall–Kier alpha value is -8.96. The lowest BCUT2D eigenvalue weighted by atomic mass is 9.99. The first-order valence-electron chi connectivity index (χ1n) is 32.4. The summed E-state index contributed by atoms with van der Waals surface area (Å²) in [6, 6.07) is 17.6. The van der Waals surface area contributed by atoms with Crippen molar-refractivity contribution in [2.45, 2.75) is 183 Å². The minimum atomic E-state index is -5.42. The van der Waals surface area contributed by atoms with E-state index in [0.29, 0.717) is 48.6 Å². The number of benzene rings is 4. The molecular formula is C66H88N13O16PS. The van der Waals surface area contributed by atoms with Crippen molar-refractivity contribution in [2.24, 2.45) is 11.5 Å². The largest absolute Gasteiger partial charge is 0.469 e. The summed E-state index contributed by atoms with van der Waals surface area (Å²) in [5.41, 5.74) is 13.7. The maximum Gasteiger partial charge on any atom is 0.469 e. The fourth-order valence-corrected chi connectivity index (χ4v) is 14.0. The number of phosphoric acid groups is 1. The van der Waals surface area contributed by atoms with E-state index >= 15 is 0 Å². The number of urea groups is 1. The summed E-state index contributed by atoms with van der Waals surface area (Å²) in [6.07, 6.45) is 1.18. The first-order chi connectivity index (χ1) is 46.1. The molecule has 524 valence electrons. The van der Waals surface area contributed by atoms with Crippen LogP contribution in [0.25, 0.3) is 21.9 Å². The van der Waals surface area contributed by atoms with E-state index < -0.39 is 121 Å². The predicted octanol–water partition coefficient (Wildman–Crippen LogP) is 0.997. The molecule has 4 aromatic carbocycles. The maximum absolute atomic E-state index is 15.0. The van der Waals surface area contributed by atoms with Crippen LogP contribution in [0.2, 0.25) is 0 Å². The number of thioether (sulfide) groups is 1. The number of carbonyl (C=O) groups excluding carboxylic acids is 12. The zero-order valence-corrected chi connectivity index (χ0v) is 56.3. The lowest BCUT2D eigenvalue weighted by molar-refractivity contribution is -0.144. The predicted molar refractivity (Wildman–Crippen MR) is 360 cm³/mol. The molecule has 0 aliphatic carbocycles. The molecule has 31 heteroatoms. The third-order valence-corrected chi connectivity index (χ3v) is 19.2.